The van der Waals surface area contributed by atoms with Crippen molar-refractivity contribution in [1.29, 1.82) is 0 Å². The number of fused-ring (bicyclic) bond motifs is 7. The molecule has 0 saturated heterocycles. The Hall–Kier alpha value is -2.18. The summed E-state index contributed by atoms with van der Waals surface area (Å²) in [7, 11) is 0. The highest BCUT2D eigenvalue weighted by Gasteiger charge is 2.71. The Morgan fingerprint density at radius 1 is 0.905 bits per heavy atom. The van der Waals surface area contributed by atoms with Crippen LogP contribution in [0.15, 0.2) is 24.8 Å². The summed E-state index contributed by atoms with van der Waals surface area (Å²) in [5, 5.41) is 4.00. The first-order valence-corrected chi connectivity index (χ1v) is 16.5. The number of carbonyl (C=O) groups excluding carboxylic acids is 2. The molecule has 4 unspecified atom stereocenters. The molecule has 0 amide bonds. The lowest BCUT2D eigenvalue weighted by Crippen LogP contribution is -2.67. The summed E-state index contributed by atoms with van der Waals surface area (Å²) >= 11 is 0. The number of nitrogens with zero attached hydrogens (tertiary/aromatic N) is 3. The summed E-state index contributed by atoms with van der Waals surface area (Å²) in [4.78, 5) is 28.7. The third-order valence-corrected chi connectivity index (χ3v) is 14.6. The zero-order valence-corrected chi connectivity index (χ0v) is 27.1. The molecule has 10 atom stereocenters. The number of esters is 1. The van der Waals surface area contributed by atoms with Crippen LogP contribution in [-0.4, -0.2) is 39.5 Å². The third-order valence-electron chi connectivity index (χ3n) is 14.6. The van der Waals surface area contributed by atoms with Gasteiger partial charge in [0.2, 0.25) is 0 Å². The second-order valence-electron chi connectivity index (χ2n) is 16.4. The monoisotopic (exact) mass is 579 g/mol. The Morgan fingerprint density at radius 3 is 2.33 bits per heavy atom. The van der Waals surface area contributed by atoms with Crippen molar-refractivity contribution >= 4 is 12.1 Å². The fraction of sp³-hybridized carbons (Fsp3) is 0.829. The molecule has 0 bridgehead atoms. The van der Waals surface area contributed by atoms with Crippen molar-refractivity contribution in [1.82, 2.24) is 14.8 Å². The van der Waals surface area contributed by atoms with Crippen LogP contribution in [0.3, 0.4) is 0 Å². The van der Waals surface area contributed by atoms with Crippen LogP contribution in [0.2, 0.25) is 0 Å². The van der Waals surface area contributed by atoms with E-state index in [2.05, 4.69) is 58.2 Å². The Balaban J connectivity index is 1.29. The number of allylic oxidation sites excluding steroid dienone is 1. The van der Waals surface area contributed by atoms with Crippen LogP contribution >= 0.6 is 0 Å². The van der Waals surface area contributed by atoms with Crippen LogP contribution < -0.4 is 0 Å². The molecule has 0 radical (unpaired) electrons. The molecule has 1 aromatic heterocycles. The maximum atomic E-state index is 12.9. The summed E-state index contributed by atoms with van der Waals surface area (Å²) in [6, 6.07) is 0. The van der Waals surface area contributed by atoms with E-state index in [1.54, 1.807) is 6.92 Å². The lowest BCUT2D eigenvalue weighted by atomic mass is 9.32. The molecule has 0 spiro atoms. The van der Waals surface area contributed by atoms with Gasteiger partial charge < -0.3 is 9.47 Å². The van der Waals surface area contributed by atoms with Gasteiger partial charge in [0.25, 0.3) is 0 Å². The van der Waals surface area contributed by atoms with Gasteiger partial charge >= 0.3 is 12.1 Å². The summed E-state index contributed by atoms with van der Waals surface area (Å²) in [5.74, 6) is 2.67. The summed E-state index contributed by atoms with van der Waals surface area (Å²) in [5.41, 5.74) is 1.99. The number of rotatable bonds is 4. The number of carbonyl (C=O) groups is 2. The van der Waals surface area contributed by atoms with Crippen LogP contribution in [0.25, 0.3) is 0 Å². The van der Waals surface area contributed by atoms with Gasteiger partial charge in [-0.25, -0.2) is 9.78 Å². The predicted octanol–water partition coefficient (Wildman–Crippen LogP) is 7.85. The molecule has 42 heavy (non-hydrogen) atoms. The first kappa shape index (κ1) is 29.9. The van der Waals surface area contributed by atoms with Gasteiger partial charge in [-0.05, 0) is 117 Å². The number of hydrogen-bond acceptors (Lipinski definition) is 6. The number of hydrogen-bond donors (Lipinski definition) is 0. The molecule has 5 aliphatic carbocycles. The molecule has 0 aliphatic heterocycles. The van der Waals surface area contributed by atoms with Crippen molar-refractivity contribution in [2.24, 2.45) is 56.7 Å². The van der Waals surface area contributed by atoms with Crippen molar-refractivity contribution in [3.8, 4) is 0 Å². The SMILES string of the molecule is C=C(C)[C@@H]1CC[C@]2(COC(C)=O)CC[C@]3(C)C(CCC4[C@@]5(C)CC[C@H](OC(=O)n6cncn6)C(C)(C)C5CC[C@]43C)C12. The summed E-state index contributed by atoms with van der Waals surface area (Å²) < 4.78 is 13.1. The van der Waals surface area contributed by atoms with Crippen LogP contribution in [0.5, 0.6) is 0 Å². The highest BCUT2D eigenvalue weighted by atomic mass is 16.6. The topological polar surface area (TPSA) is 83.3 Å². The first-order valence-electron chi connectivity index (χ1n) is 16.5. The average molecular weight is 580 g/mol. The first-order chi connectivity index (χ1) is 19.7. The van der Waals surface area contributed by atoms with Crippen LogP contribution in [-0.2, 0) is 14.3 Å². The molecule has 1 aromatic rings. The van der Waals surface area contributed by atoms with E-state index in [9.17, 15) is 9.59 Å². The lowest BCUT2D eigenvalue weighted by molar-refractivity contribution is -0.249. The van der Waals surface area contributed by atoms with Gasteiger partial charge in [0.1, 0.15) is 18.8 Å². The predicted molar refractivity (Wildman–Crippen MR) is 161 cm³/mol. The van der Waals surface area contributed by atoms with Gasteiger partial charge in [0, 0.05) is 17.8 Å². The normalized spacial score (nSPS) is 45.5. The molecule has 5 saturated carbocycles. The van der Waals surface area contributed by atoms with Gasteiger partial charge in [-0.15, -0.1) is 5.10 Å². The van der Waals surface area contributed by atoms with E-state index in [1.165, 1.54) is 61.4 Å². The van der Waals surface area contributed by atoms with E-state index in [4.69, 9.17) is 9.47 Å². The zero-order chi connectivity index (χ0) is 30.3. The Labute approximate surface area is 252 Å². The van der Waals surface area contributed by atoms with E-state index in [0.717, 1.165) is 25.7 Å². The van der Waals surface area contributed by atoms with Gasteiger partial charge in [-0.1, -0.05) is 46.8 Å². The Bertz CT molecular complexity index is 1240. The molecule has 0 N–H and O–H groups in total. The average Bonchev–Trinajstić information content (AvgIpc) is 3.59. The molecule has 1 heterocycles. The molecule has 7 heteroatoms. The fourth-order valence-corrected chi connectivity index (χ4v) is 12.4. The molecular formula is C35H53N3O4. The molecule has 232 valence electrons. The Morgan fingerprint density at radius 2 is 1.67 bits per heavy atom. The van der Waals surface area contributed by atoms with E-state index in [1.807, 2.05) is 0 Å². The molecule has 7 nitrogen and oxygen atoms in total. The smallest absolute Gasteiger partial charge is 0.436 e. The summed E-state index contributed by atoms with van der Waals surface area (Å²) in [6.07, 6.45) is 13.8. The zero-order valence-electron chi connectivity index (χ0n) is 27.1. The molecular weight excluding hydrogens is 526 g/mol. The highest BCUT2D eigenvalue weighted by Crippen LogP contribution is 2.77. The van der Waals surface area contributed by atoms with Crippen molar-refractivity contribution in [3.05, 3.63) is 24.8 Å². The minimum absolute atomic E-state index is 0.0950. The quantitative estimate of drug-likeness (QED) is 0.267. The van der Waals surface area contributed by atoms with E-state index in [-0.39, 0.29) is 39.1 Å². The fourth-order valence-electron chi connectivity index (χ4n) is 12.4. The number of aromatic nitrogens is 3. The Kier molecular flexibility index (Phi) is 7.05. The van der Waals surface area contributed by atoms with Crippen LogP contribution in [0.1, 0.15) is 113 Å². The lowest BCUT2D eigenvalue weighted by Gasteiger charge is -2.73. The van der Waals surface area contributed by atoms with E-state index >= 15 is 0 Å². The van der Waals surface area contributed by atoms with Crippen molar-refractivity contribution < 1.29 is 19.1 Å². The van der Waals surface area contributed by atoms with Crippen molar-refractivity contribution in [2.45, 2.75) is 119 Å². The van der Waals surface area contributed by atoms with Crippen LogP contribution in [0, 0.1) is 56.7 Å². The molecule has 5 fully saturated rings. The minimum Gasteiger partial charge on any atom is -0.465 e. The largest absolute Gasteiger partial charge is 0.465 e. The second-order valence-corrected chi connectivity index (χ2v) is 16.4. The minimum atomic E-state index is -0.425. The molecule has 6 rings (SSSR count). The third kappa shape index (κ3) is 4.10. The molecule has 0 aromatic carbocycles. The second kappa shape index (κ2) is 9.92. The maximum absolute atomic E-state index is 12.9. The number of ether oxygens (including phenoxy) is 2. The van der Waals surface area contributed by atoms with E-state index < -0.39 is 6.09 Å². The maximum Gasteiger partial charge on any atom is 0.436 e. The standard InChI is InChI=1S/C35H53N3O4/c1-22(2)24-11-16-35(19-41-23(3)39)18-17-33(7)25(29(24)35)9-10-27-32(6)14-13-28(42-30(40)38-21-36-20-37-38)31(4,5)26(32)12-15-34(27,33)8/h20-21,24-29H,1,9-19H2,2-8H3/t24-,25?,26?,27?,28-,29?,32-,33+,34+,35+/m0/s1. The van der Waals surface area contributed by atoms with Gasteiger partial charge in [-0.3, -0.25) is 4.79 Å². The van der Waals surface area contributed by atoms with E-state index in [0.29, 0.717) is 36.2 Å². The van der Waals surface area contributed by atoms with Gasteiger partial charge in [0.05, 0.1) is 6.61 Å². The van der Waals surface area contributed by atoms with Crippen LogP contribution in [0.4, 0.5) is 4.79 Å². The van der Waals surface area contributed by atoms with Crippen molar-refractivity contribution in [3.63, 3.8) is 0 Å². The van der Waals surface area contributed by atoms with Gasteiger partial charge in [0.15, 0.2) is 0 Å². The highest BCUT2D eigenvalue weighted by molar-refractivity contribution is 5.69. The van der Waals surface area contributed by atoms with Gasteiger partial charge in [-0.2, -0.15) is 4.68 Å². The van der Waals surface area contributed by atoms with Crippen molar-refractivity contribution in [2.75, 3.05) is 6.61 Å². The summed E-state index contributed by atoms with van der Waals surface area (Å²) in [6.45, 7) is 21.4. The molecule has 5 aliphatic rings.